The van der Waals surface area contributed by atoms with Gasteiger partial charge in [0.2, 0.25) is 0 Å². The van der Waals surface area contributed by atoms with E-state index >= 15 is 0 Å². The molecule has 0 saturated heterocycles. The number of benzene rings is 2. The van der Waals surface area contributed by atoms with E-state index < -0.39 is 0 Å². The number of phenolic OH excluding ortho intramolecular Hbond substituents is 2. The maximum absolute atomic E-state index is 10.1. The molecule has 3 nitrogen and oxygen atoms in total. The molecule has 0 aromatic heterocycles. The molecule has 2 aromatic carbocycles. The van der Waals surface area contributed by atoms with Gasteiger partial charge in [0, 0.05) is 0 Å². The average Bonchev–Trinajstić information content (AvgIpc) is 2.55. The highest BCUT2D eigenvalue weighted by Crippen LogP contribution is 2.35. The second kappa shape index (κ2) is 9.09. The van der Waals surface area contributed by atoms with E-state index in [2.05, 4.69) is 6.92 Å². The minimum absolute atomic E-state index is 0.0584. The summed E-state index contributed by atoms with van der Waals surface area (Å²) in [4.78, 5) is 0. The Labute approximate surface area is 138 Å². The van der Waals surface area contributed by atoms with Crippen LogP contribution in [0.25, 0.3) is 0 Å². The first-order valence-corrected chi connectivity index (χ1v) is 8.48. The molecule has 23 heavy (non-hydrogen) atoms. The van der Waals surface area contributed by atoms with Gasteiger partial charge in [0.25, 0.3) is 0 Å². The number of hydrogen-bond acceptors (Lipinski definition) is 3. The highest BCUT2D eigenvalue weighted by Gasteiger charge is 2.08. The first-order chi connectivity index (χ1) is 11.2. The fraction of sp³-hybridized carbons (Fsp3) is 0.400. The molecule has 0 aliphatic rings. The third-order valence-electron chi connectivity index (χ3n) is 3.93. The highest BCUT2D eigenvalue weighted by molar-refractivity contribution is 5.47. The molecule has 0 fully saturated rings. The summed E-state index contributed by atoms with van der Waals surface area (Å²) in [5.41, 5.74) is 1.11. The molecule has 0 aliphatic heterocycles. The number of ether oxygens (including phenoxy) is 1. The second-order valence-electron chi connectivity index (χ2n) is 5.89. The SMILES string of the molecule is CCCCCCCCc1ccc(Oc2ccccc2O)c(O)c1. The average molecular weight is 314 g/mol. The lowest BCUT2D eigenvalue weighted by atomic mass is 10.0. The van der Waals surface area contributed by atoms with E-state index in [1.54, 1.807) is 36.4 Å². The predicted octanol–water partition coefficient (Wildman–Crippen LogP) is 5.79. The molecule has 3 heteroatoms. The fourth-order valence-electron chi connectivity index (χ4n) is 2.58. The Kier molecular flexibility index (Phi) is 6.79. The molecule has 2 N–H and O–H groups in total. The van der Waals surface area contributed by atoms with Crippen molar-refractivity contribution in [1.82, 2.24) is 0 Å². The van der Waals surface area contributed by atoms with Crippen LogP contribution >= 0.6 is 0 Å². The molecule has 0 bridgehead atoms. The van der Waals surface area contributed by atoms with Gasteiger partial charge in [-0.25, -0.2) is 0 Å². The van der Waals surface area contributed by atoms with Crippen LogP contribution in [-0.4, -0.2) is 10.2 Å². The zero-order valence-corrected chi connectivity index (χ0v) is 13.8. The first kappa shape index (κ1) is 17.2. The molecule has 0 unspecified atom stereocenters. The lowest BCUT2D eigenvalue weighted by Gasteiger charge is -2.10. The van der Waals surface area contributed by atoms with Crippen molar-refractivity contribution in [2.45, 2.75) is 51.9 Å². The van der Waals surface area contributed by atoms with Gasteiger partial charge in [0.1, 0.15) is 0 Å². The lowest BCUT2D eigenvalue weighted by molar-refractivity contribution is 0.385. The van der Waals surface area contributed by atoms with Crippen LogP contribution in [0.3, 0.4) is 0 Å². The van der Waals surface area contributed by atoms with Crippen LogP contribution in [0, 0.1) is 0 Å². The second-order valence-corrected chi connectivity index (χ2v) is 5.89. The van der Waals surface area contributed by atoms with Crippen LogP contribution in [0.5, 0.6) is 23.0 Å². The molecule has 2 rings (SSSR count). The van der Waals surface area contributed by atoms with Crippen molar-refractivity contribution in [2.75, 3.05) is 0 Å². The molecule has 0 radical (unpaired) electrons. The van der Waals surface area contributed by atoms with Gasteiger partial charge in [-0.2, -0.15) is 0 Å². The van der Waals surface area contributed by atoms with E-state index in [9.17, 15) is 10.2 Å². The van der Waals surface area contributed by atoms with E-state index in [0.29, 0.717) is 11.5 Å². The van der Waals surface area contributed by atoms with Crippen LogP contribution in [0.4, 0.5) is 0 Å². The summed E-state index contributed by atoms with van der Waals surface area (Å²) in [5.74, 6) is 0.865. The number of phenols is 2. The number of aryl methyl sites for hydroxylation is 1. The van der Waals surface area contributed by atoms with Crippen LogP contribution in [-0.2, 0) is 6.42 Å². The van der Waals surface area contributed by atoms with E-state index in [1.165, 1.54) is 32.1 Å². The largest absolute Gasteiger partial charge is 0.504 e. The summed E-state index contributed by atoms with van der Waals surface area (Å²) in [7, 11) is 0. The van der Waals surface area contributed by atoms with Crippen molar-refractivity contribution < 1.29 is 14.9 Å². The van der Waals surface area contributed by atoms with E-state index in [-0.39, 0.29) is 11.5 Å². The molecular weight excluding hydrogens is 288 g/mol. The highest BCUT2D eigenvalue weighted by atomic mass is 16.5. The minimum atomic E-state index is 0.0584. The predicted molar refractivity (Wildman–Crippen MR) is 93.4 cm³/mol. The van der Waals surface area contributed by atoms with Crippen LogP contribution < -0.4 is 4.74 Å². The molecule has 2 aromatic rings. The summed E-state index contributed by atoms with van der Waals surface area (Å²) >= 11 is 0. The van der Waals surface area contributed by atoms with E-state index in [4.69, 9.17) is 4.74 Å². The Hall–Kier alpha value is -2.16. The van der Waals surface area contributed by atoms with Gasteiger partial charge in [0.15, 0.2) is 23.0 Å². The fourth-order valence-corrected chi connectivity index (χ4v) is 2.58. The van der Waals surface area contributed by atoms with Gasteiger partial charge < -0.3 is 14.9 Å². The maximum Gasteiger partial charge on any atom is 0.169 e. The molecule has 0 atom stereocenters. The monoisotopic (exact) mass is 314 g/mol. The van der Waals surface area contributed by atoms with Gasteiger partial charge in [-0.05, 0) is 42.7 Å². The van der Waals surface area contributed by atoms with Crippen molar-refractivity contribution in [3.63, 3.8) is 0 Å². The van der Waals surface area contributed by atoms with Crippen LogP contribution in [0.15, 0.2) is 42.5 Å². The van der Waals surface area contributed by atoms with Crippen molar-refractivity contribution >= 4 is 0 Å². The van der Waals surface area contributed by atoms with Gasteiger partial charge in [0.05, 0.1) is 0 Å². The minimum Gasteiger partial charge on any atom is -0.504 e. The molecule has 0 amide bonds. The summed E-state index contributed by atoms with van der Waals surface area (Å²) in [5, 5.41) is 19.8. The Morgan fingerprint density at radius 3 is 2.22 bits per heavy atom. The van der Waals surface area contributed by atoms with Gasteiger partial charge >= 0.3 is 0 Å². The standard InChI is InChI=1S/C20H26O3/c1-2-3-4-5-6-7-10-16-13-14-20(18(22)15-16)23-19-12-9-8-11-17(19)21/h8-9,11-15,21-22H,2-7,10H2,1H3. The number of hydrogen-bond donors (Lipinski definition) is 2. The van der Waals surface area contributed by atoms with E-state index in [0.717, 1.165) is 18.4 Å². The summed E-state index contributed by atoms with van der Waals surface area (Å²) in [6.45, 7) is 2.22. The third-order valence-corrected chi connectivity index (χ3v) is 3.93. The normalized spacial score (nSPS) is 10.7. The first-order valence-electron chi connectivity index (χ1n) is 8.48. The van der Waals surface area contributed by atoms with Crippen molar-refractivity contribution in [3.05, 3.63) is 48.0 Å². The van der Waals surface area contributed by atoms with Crippen LogP contribution in [0.1, 0.15) is 51.0 Å². The number of rotatable bonds is 9. The molecule has 0 aliphatic carbocycles. The van der Waals surface area contributed by atoms with Crippen molar-refractivity contribution in [3.8, 4) is 23.0 Å². The Balaban J connectivity index is 1.87. The molecule has 0 spiro atoms. The summed E-state index contributed by atoms with van der Waals surface area (Å²) in [6, 6.07) is 12.2. The van der Waals surface area contributed by atoms with Crippen LogP contribution in [0.2, 0.25) is 0 Å². The Morgan fingerprint density at radius 2 is 1.48 bits per heavy atom. The molecule has 0 heterocycles. The summed E-state index contributed by atoms with van der Waals surface area (Å²) in [6.07, 6.45) is 8.53. The molecule has 0 saturated carbocycles. The third kappa shape index (κ3) is 5.51. The van der Waals surface area contributed by atoms with Crippen molar-refractivity contribution in [2.24, 2.45) is 0 Å². The summed E-state index contributed by atoms with van der Waals surface area (Å²) < 4.78 is 5.56. The van der Waals surface area contributed by atoms with Crippen molar-refractivity contribution in [1.29, 1.82) is 0 Å². The number of para-hydroxylation sites is 2. The smallest absolute Gasteiger partial charge is 0.169 e. The number of aromatic hydroxyl groups is 2. The zero-order valence-electron chi connectivity index (χ0n) is 13.8. The molecular formula is C20H26O3. The van der Waals surface area contributed by atoms with E-state index in [1.807, 2.05) is 6.07 Å². The maximum atomic E-state index is 10.1. The topological polar surface area (TPSA) is 49.7 Å². The lowest BCUT2D eigenvalue weighted by Crippen LogP contribution is -1.89. The Morgan fingerprint density at radius 1 is 0.783 bits per heavy atom. The van der Waals surface area contributed by atoms with Gasteiger partial charge in [-0.15, -0.1) is 0 Å². The zero-order chi connectivity index (χ0) is 16.5. The van der Waals surface area contributed by atoms with Gasteiger partial charge in [-0.1, -0.05) is 57.2 Å². The Bertz CT molecular complexity index is 608. The molecule has 124 valence electrons. The number of unbranched alkanes of at least 4 members (excludes halogenated alkanes) is 5. The quantitative estimate of drug-likeness (QED) is 0.576. The van der Waals surface area contributed by atoms with Gasteiger partial charge in [-0.3, -0.25) is 0 Å².